The molecule has 0 aliphatic heterocycles. The number of aliphatic hydroxyl groups excluding tert-OH is 1. The average molecular weight is 950 g/mol. The predicted molar refractivity (Wildman–Crippen MR) is 272 cm³/mol. The molecule has 0 bridgehead atoms. The highest BCUT2D eigenvalue weighted by Crippen LogP contribution is 2.43. The maximum Gasteiger partial charge on any atom is 0.472 e. The van der Waals surface area contributed by atoms with Crippen LogP contribution in [0.3, 0.4) is 0 Å². The molecule has 0 aromatic carbocycles. The van der Waals surface area contributed by atoms with Crippen LogP contribution in [0.1, 0.15) is 232 Å². The van der Waals surface area contributed by atoms with Crippen LogP contribution in [0.5, 0.6) is 0 Å². The molecule has 4 N–H and O–H groups in total. The van der Waals surface area contributed by atoms with Crippen molar-refractivity contribution >= 4 is 25.7 Å². The van der Waals surface area contributed by atoms with E-state index >= 15 is 0 Å². The molecule has 3 atom stereocenters. The zero-order valence-electron chi connectivity index (χ0n) is 41.7. The first kappa shape index (κ1) is 63.2. The molecular formula is C54H96NO10P. The summed E-state index contributed by atoms with van der Waals surface area (Å²) < 4.78 is 27.0. The number of carboxylic acid groups (broad SMARTS) is 1. The van der Waals surface area contributed by atoms with Crippen molar-refractivity contribution in [1.29, 1.82) is 0 Å². The van der Waals surface area contributed by atoms with Crippen LogP contribution in [0.2, 0.25) is 0 Å². The van der Waals surface area contributed by atoms with Crippen molar-refractivity contribution in [3.8, 4) is 0 Å². The van der Waals surface area contributed by atoms with Gasteiger partial charge in [0.15, 0.2) is 6.04 Å². The average Bonchev–Trinajstić information content (AvgIpc) is 3.29. The van der Waals surface area contributed by atoms with Crippen LogP contribution in [-0.4, -0.2) is 64.9 Å². The normalized spacial score (nSPS) is 14.0. The SMILES string of the molecule is CC/C=C\C/C=C\C/C=C\C/C=C\C/C=C\CCCCCCCCCC(=O)NC(COP(=O)(O)OCC(O)COC(=O)CCCCCCCCCCCCCCCCCCCCC)C(=O)O. The smallest absolute Gasteiger partial charge is 0.472 e. The third-order valence-corrected chi connectivity index (χ3v) is 12.3. The van der Waals surface area contributed by atoms with Gasteiger partial charge in [-0.05, 0) is 57.8 Å². The zero-order chi connectivity index (χ0) is 48.4. The summed E-state index contributed by atoms with van der Waals surface area (Å²) in [5, 5.41) is 21.9. The molecule has 0 aromatic rings. The van der Waals surface area contributed by atoms with E-state index in [2.05, 4.69) is 79.9 Å². The van der Waals surface area contributed by atoms with Crippen molar-refractivity contribution in [1.82, 2.24) is 5.32 Å². The Morgan fingerprint density at radius 3 is 1.32 bits per heavy atom. The fourth-order valence-corrected chi connectivity index (χ4v) is 8.06. The summed E-state index contributed by atoms with van der Waals surface area (Å²) in [6.07, 6.45) is 58.1. The number of nitrogens with one attached hydrogen (secondary N) is 1. The van der Waals surface area contributed by atoms with E-state index in [1.54, 1.807) is 0 Å². The molecule has 0 aliphatic rings. The van der Waals surface area contributed by atoms with Crippen molar-refractivity contribution in [3.05, 3.63) is 60.8 Å². The van der Waals surface area contributed by atoms with Crippen molar-refractivity contribution < 1.29 is 47.8 Å². The van der Waals surface area contributed by atoms with Gasteiger partial charge in [0.1, 0.15) is 12.7 Å². The number of ether oxygens (including phenoxy) is 1. The molecule has 0 heterocycles. The lowest BCUT2D eigenvalue weighted by molar-refractivity contribution is -0.147. The number of carboxylic acids is 1. The number of carbonyl (C=O) groups excluding carboxylic acids is 2. The highest BCUT2D eigenvalue weighted by Gasteiger charge is 2.28. The summed E-state index contributed by atoms with van der Waals surface area (Å²) in [6, 6.07) is -1.56. The topological polar surface area (TPSA) is 169 Å². The molecule has 0 radical (unpaired) electrons. The lowest BCUT2D eigenvalue weighted by atomic mass is 10.0. The van der Waals surface area contributed by atoms with Gasteiger partial charge in [-0.3, -0.25) is 18.6 Å². The Balaban J connectivity index is 3.84. The Hall–Kier alpha value is -2.82. The van der Waals surface area contributed by atoms with E-state index in [0.29, 0.717) is 12.8 Å². The van der Waals surface area contributed by atoms with Crippen LogP contribution in [0.4, 0.5) is 0 Å². The first-order valence-corrected chi connectivity index (χ1v) is 27.8. The van der Waals surface area contributed by atoms with Crippen molar-refractivity contribution in [2.75, 3.05) is 19.8 Å². The molecule has 12 heteroatoms. The molecule has 0 fully saturated rings. The molecule has 11 nitrogen and oxygen atoms in total. The maximum atomic E-state index is 12.4. The first-order chi connectivity index (χ1) is 32.1. The van der Waals surface area contributed by atoms with E-state index in [1.807, 2.05) is 0 Å². The highest BCUT2D eigenvalue weighted by molar-refractivity contribution is 7.47. The number of esters is 1. The minimum absolute atomic E-state index is 0.131. The summed E-state index contributed by atoms with van der Waals surface area (Å²) in [6.45, 7) is 2.51. The monoisotopic (exact) mass is 950 g/mol. The number of allylic oxidation sites excluding steroid dienone is 10. The van der Waals surface area contributed by atoms with Crippen LogP contribution >= 0.6 is 7.82 Å². The first-order valence-electron chi connectivity index (χ1n) is 26.3. The number of carbonyl (C=O) groups is 3. The van der Waals surface area contributed by atoms with Gasteiger partial charge in [-0.15, -0.1) is 0 Å². The van der Waals surface area contributed by atoms with Gasteiger partial charge < -0.3 is 25.2 Å². The fourth-order valence-electron chi connectivity index (χ4n) is 7.28. The third-order valence-electron chi connectivity index (χ3n) is 11.3. The van der Waals surface area contributed by atoms with E-state index < -0.39 is 57.6 Å². The zero-order valence-corrected chi connectivity index (χ0v) is 42.6. The molecule has 66 heavy (non-hydrogen) atoms. The number of hydrogen-bond acceptors (Lipinski definition) is 8. The number of unbranched alkanes of at least 4 members (excludes halogenated alkanes) is 25. The molecular weight excluding hydrogens is 854 g/mol. The van der Waals surface area contributed by atoms with Gasteiger partial charge in [0.2, 0.25) is 5.91 Å². The van der Waals surface area contributed by atoms with Crippen molar-refractivity contribution in [2.24, 2.45) is 0 Å². The number of aliphatic carboxylic acids is 1. The molecule has 0 rings (SSSR count). The Bertz CT molecular complexity index is 1350. The fraction of sp³-hybridized carbons (Fsp3) is 0.759. The molecule has 3 unspecified atom stereocenters. The van der Waals surface area contributed by atoms with Gasteiger partial charge in [-0.1, -0.05) is 222 Å². The summed E-state index contributed by atoms with van der Waals surface area (Å²) >= 11 is 0. The summed E-state index contributed by atoms with van der Waals surface area (Å²) in [4.78, 5) is 46.2. The Kier molecular flexibility index (Phi) is 46.6. The molecule has 0 aromatic heterocycles. The Labute approximate surface area is 402 Å². The van der Waals surface area contributed by atoms with Crippen LogP contribution in [0, 0.1) is 0 Å². The van der Waals surface area contributed by atoms with Gasteiger partial charge in [0.05, 0.1) is 13.2 Å². The maximum absolute atomic E-state index is 12.4. The van der Waals surface area contributed by atoms with Gasteiger partial charge in [-0.2, -0.15) is 0 Å². The number of phosphoric ester groups is 1. The second-order valence-corrected chi connectivity index (χ2v) is 19.1. The van der Waals surface area contributed by atoms with Crippen LogP contribution < -0.4 is 5.32 Å². The number of rotatable bonds is 49. The van der Waals surface area contributed by atoms with E-state index in [1.165, 1.54) is 96.3 Å². The van der Waals surface area contributed by atoms with Gasteiger partial charge >= 0.3 is 19.8 Å². The molecule has 0 saturated carbocycles. The van der Waals surface area contributed by atoms with E-state index in [-0.39, 0.29) is 12.8 Å². The number of amides is 1. The van der Waals surface area contributed by atoms with Gasteiger partial charge in [0.25, 0.3) is 0 Å². The van der Waals surface area contributed by atoms with E-state index in [4.69, 9.17) is 13.8 Å². The number of aliphatic hydroxyl groups is 1. The predicted octanol–water partition coefficient (Wildman–Crippen LogP) is 14.7. The second kappa shape index (κ2) is 48.6. The van der Waals surface area contributed by atoms with Crippen molar-refractivity contribution in [3.63, 3.8) is 0 Å². The number of phosphoric acid groups is 1. The second-order valence-electron chi connectivity index (χ2n) is 17.7. The summed E-state index contributed by atoms with van der Waals surface area (Å²) in [5.41, 5.74) is 0. The van der Waals surface area contributed by atoms with Gasteiger partial charge in [-0.25, -0.2) is 9.36 Å². The third kappa shape index (κ3) is 47.7. The minimum atomic E-state index is -4.77. The standard InChI is InChI=1S/C54H96NO10P/c1-3-5-7-9-11-13-15-17-19-21-23-24-25-26-28-29-31-33-35-37-39-41-43-45-52(57)55-51(54(59)60)49-65-66(61,62)64-48-50(56)47-63-53(58)46-44-42-40-38-36-34-32-30-27-22-20-18-16-14-12-10-8-6-4-2/h5,7,11,13,17,19,23-24,26,28,50-51,56H,3-4,6,8-10,12,14-16,18,20-22,25,27,29-49H2,1-2H3,(H,55,57)(H,59,60)(H,61,62)/b7-5-,13-11-,19-17-,24-23-,28-26-. The van der Waals surface area contributed by atoms with Crippen molar-refractivity contribution in [2.45, 2.75) is 244 Å². The summed E-state index contributed by atoms with van der Waals surface area (Å²) in [7, 11) is -4.77. The largest absolute Gasteiger partial charge is 0.480 e. The Morgan fingerprint density at radius 2 is 0.879 bits per heavy atom. The van der Waals surface area contributed by atoms with Crippen LogP contribution in [0.15, 0.2) is 60.8 Å². The van der Waals surface area contributed by atoms with Crippen LogP contribution in [0.25, 0.3) is 0 Å². The molecule has 0 aliphatic carbocycles. The highest BCUT2D eigenvalue weighted by atomic mass is 31.2. The number of hydrogen-bond donors (Lipinski definition) is 4. The summed E-state index contributed by atoms with van der Waals surface area (Å²) in [5.74, 6) is -2.38. The lowest BCUT2D eigenvalue weighted by Gasteiger charge is -2.18. The van der Waals surface area contributed by atoms with Crippen LogP contribution in [-0.2, 0) is 32.7 Å². The molecule has 0 spiro atoms. The molecule has 1 amide bonds. The lowest BCUT2D eigenvalue weighted by Crippen LogP contribution is -2.43. The van der Waals surface area contributed by atoms with Gasteiger partial charge in [0, 0.05) is 12.8 Å². The molecule has 0 saturated heterocycles. The minimum Gasteiger partial charge on any atom is -0.480 e. The van der Waals surface area contributed by atoms with E-state index in [0.717, 1.165) is 96.3 Å². The Morgan fingerprint density at radius 1 is 0.500 bits per heavy atom. The van der Waals surface area contributed by atoms with E-state index in [9.17, 15) is 34.1 Å². The quantitative estimate of drug-likeness (QED) is 0.0199. The molecule has 382 valence electrons.